The van der Waals surface area contributed by atoms with E-state index in [-0.39, 0.29) is 18.4 Å². The Morgan fingerprint density at radius 3 is 2.54 bits per heavy atom. The molecule has 0 unspecified atom stereocenters. The molecule has 0 aliphatic rings. The van der Waals surface area contributed by atoms with Crippen molar-refractivity contribution >= 4 is 40.9 Å². The van der Waals surface area contributed by atoms with Crippen LogP contribution in [0.5, 0.6) is 0 Å². The molecule has 24 heavy (non-hydrogen) atoms. The first-order valence-corrected chi connectivity index (χ1v) is 8.91. The SMILES string of the molecule is Cc1ccc(NC(=O)CNC(=O)CCSc2ccccc2)c(Cl)c1. The Kier molecular flexibility index (Phi) is 7.15. The molecule has 4 nitrogen and oxygen atoms in total. The van der Waals surface area contributed by atoms with Crippen LogP contribution in [0.4, 0.5) is 5.69 Å². The van der Waals surface area contributed by atoms with E-state index in [9.17, 15) is 9.59 Å². The standard InChI is InChI=1S/C18H19ClN2O2S/c1-13-7-8-16(15(19)11-13)21-18(23)12-20-17(22)9-10-24-14-5-3-2-4-6-14/h2-8,11H,9-10,12H2,1H3,(H,20,22)(H,21,23). The second-order valence-corrected chi connectivity index (χ2v) is 6.80. The highest BCUT2D eigenvalue weighted by molar-refractivity contribution is 7.99. The van der Waals surface area contributed by atoms with Crippen LogP contribution in [-0.2, 0) is 9.59 Å². The lowest BCUT2D eigenvalue weighted by molar-refractivity contribution is -0.123. The number of thioether (sulfide) groups is 1. The van der Waals surface area contributed by atoms with Gasteiger partial charge in [0.1, 0.15) is 0 Å². The highest BCUT2D eigenvalue weighted by Gasteiger charge is 2.08. The van der Waals surface area contributed by atoms with E-state index in [0.717, 1.165) is 10.5 Å². The van der Waals surface area contributed by atoms with Crippen molar-refractivity contribution in [3.8, 4) is 0 Å². The van der Waals surface area contributed by atoms with E-state index in [2.05, 4.69) is 10.6 Å². The number of anilines is 1. The Bertz CT molecular complexity index is 707. The van der Waals surface area contributed by atoms with Gasteiger partial charge in [-0.15, -0.1) is 11.8 Å². The molecule has 0 aliphatic carbocycles. The molecular formula is C18H19ClN2O2S. The minimum absolute atomic E-state index is 0.0704. The number of halogens is 1. The summed E-state index contributed by atoms with van der Waals surface area (Å²) in [6.45, 7) is 1.85. The van der Waals surface area contributed by atoms with Crippen LogP contribution in [0, 0.1) is 6.92 Å². The summed E-state index contributed by atoms with van der Waals surface area (Å²) >= 11 is 7.67. The maximum absolute atomic E-state index is 11.9. The third-order valence-corrected chi connectivity index (χ3v) is 4.51. The van der Waals surface area contributed by atoms with Gasteiger partial charge in [-0.3, -0.25) is 9.59 Å². The number of nitrogens with one attached hydrogen (secondary N) is 2. The highest BCUT2D eigenvalue weighted by Crippen LogP contribution is 2.22. The van der Waals surface area contributed by atoms with Crippen LogP contribution in [0.3, 0.4) is 0 Å². The first-order valence-electron chi connectivity index (χ1n) is 7.55. The number of aryl methyl sites for hydroxylation is 1. The summed E-state index contributed by atoms with van der Waals surface area (Å²) < 4.78 is 0. The van der Waals surface area contributed by atoms with Crippen molar-refractivity contribution in [3.63, 3.8) is 0 Å². The Hall–Kier alpha value is -1.98. The molecule has 0 atom stereocenters. The fourth-order valence-electron chi connectivity index (χ4n) is 1.96. The van der Waals surface area contributed by atoms with Gasteiger partial charge in [0.15, 0.2) is 0 Å². The van der Waals surface area contributed by atoms with Crippen molar-refractivity contribution in [1.29, 1.82) is 0 Å². The molecule has 6 heteroatoms. The van der Waals surface area contributed by atoms with Gasteiger partial charge in [0.05, 0.1) is 17.3 Å². The summed E-state index contributed by atoms with van der Waals surface area (Å²) in [5.41, 5.74) is 1.56. The van der Waals surface area contributed by atoms with Gasteiger partial charge >= 0.3 is 0 Å². The lowest BCUT2D eigenvalue weighted by Gasteiger charge is -2.09. The Morgan fingerprint density at radius 1 is 1.08 bits per heavy atom. The van der Waals surface area contributed by atoms with Crippen molar-refractivity contribution in [2.75, 3.05) is 17.6 Å². The second-order valence-electron chi connectivity index (χ2n) is 5.22. The molecule has 0 radical (unpaired) electrons. The molecule has 0 fully saturated rings. The second kappa shape index (κ2) is 9.35. The summed E-state index contributed by atoms with van der Waals surface area (Å²) in [6.07, 6.45) is 0.359. The van der Waals surface area contributed by atoms with E-state index >= 15 is 0 Å². The van der Waals surface area contributed by atoms with E-state index in [1.165, 1.54) is 0 Å². The van der Waals surface area contributed by atoms with Gasteiger partial charge in [-0.25, -0.2) is 0 Å². The Labute approximate surface area is 151 Å². The molecule has 0 aliphatic heterocycles. The van der Waals surface area contributed by atoms with Crippen molar-refractivity contribution < 1.29 is 9.59 Å². The van der Waals surface area contributed by atoms with Crippen LogP contribution in [0.2, 0.25) is 5.02 Å². The molecule has 2 rings (SSSR count). The fourth-order valence-corrected chi connectivity index (χ4v) is 3.12. The number of hydrogen-bond acceptors (Lipinski definition) is 3. The minimum Gasteiger partial charge on any atom is -0.347 e. The summed E-state index contributed by atoms with van der Waals surface area (Å²) in [7, 11) is 0. The first-order chi connectivity index (χ1) is 11.5. The summed E-state index contributed by atoms with van der Waals surface area (Å²) in [6, 6.07) is 15.3. The average molecular weight is 363 g/mol. The smallest absolute Gasteiger partial charge is 0.243 e. The van der Waals surface area contributed by atoms with Crippen molar-refractivity contribution in [2.24, 2.45) is 0 Å². The Morgan fingerprint density at radius 2 is 1.83 bits per heavy atom. The number of rotatable bonds is 7. The third-order valence-electron chi connectivity index (χ3n) is 3.19. The van der Waals surface area contributed by atoms with Gasteiger partial charge in [0.25, 0.3) is 0 Å². The molecule has 0 heterocycles. The fraction of sp³-hybridized carbons (Fsp3) is 0.222. The van der Waals surface area contributed by atoms with E-state index in [0.29, 0.717) is 22.9 Å². The largest absolute Gasteiger partial charge is 0.347 e. The zero-order valence-corrected chi connectivity index (χ0v) is 14.9. The van der Waals surface area contributed by atoms with Crippen LogP contribution in [0.15, 0.2) is 53.4 Å². The van der Waals surface area contributed by atoms with E-state index in [1.54, 1.807) is 23.9 Å². The zero-order chi connectivity index (χ0) is 17.4. The van der Waals surface area contributed by atoms with Gasteiger partial charge in [-0.2, -0.15) is 0 Å². The molecular weight excluding hydrogens is 344 g/mol. The summed E-state index contributed by atoms with van der Waals surface area (Å²) in [5.74, 6) is 0.217. The van der Waals surface area contributed by atoms with Gasteiger partial charge in [0, 0.05) is 17.1 Å². The van der Waals surface area contributed by atoms with Gasteiger partial charge < -0.3 is 10.6 Å². The van der Waals surface area contributed by atoms with Gasteiger partial charge in [-0.1, -0.05) is 35.9 Å². The molecule has 126 valence electrons. The maximum Gasteiger partial charge on any atom is 0.243 e. The quantitative estimate of drug-likeness (QED) is 0.735. The molecule has 2 N–H and O–H groups in total. The molecule has 2 aromatic rings. The third kappa shape index (κ3) is 6.26. The molecule has 0 bridgehead atoms. The predicted octanol–water partition coefficient (Wildman–Crippen LogP) is 3.89. The molecule has 0 saturated heterocycles. The number of carbonyl (C=O) groups excluding carboxylic acids is 2. The first kappa shape index (κ1) is 18.4. The topological polar surface area (TPSA) is 58.2 Å². The summed E-state index contributed by atoms with van der Waals surface area (Å²) in [5, 5.41) is 5.78. The maximum atomic E-state index is 11.9. The predicted molar refractivity (Wildman–Crippen MR) is 99.6 cm³/mol. The molecule has 2 aromatic carbocycles. The minimum atomic E-state index is -0.301. The van der Waals surface area contributed by atoms with Gasteiger partial charge in [0.2, 0.25) is 11.8 Å². The molecule has 2 amide bonds. The molecule has 0 aromatic heterocycles. The Balaban J connectivity index is 1.68. The number of amides is 2. The van der Waals surface area contributed by atoms with Crippen molar-refractivity contribution in [1.82, 2.24) is 5.32 Å². The van der Waals surface area contributed by atoms with E-state index in [1.807, 2.05) is 43.3 Å². The van der Waals surface area contributed by atoms with Crippen molar-refractivity contribution in [3.05, 3.63) is 59.1 Å². The van der Waals surface area contributed by atoms with Crippen molar-refractivity contribution in [2.45, 2.75) is 18.2 Å². The van der Waals surface area contributed by atoms with Crippen LogP contribution in [-0.4, -0.2) is 24.1 Å². The molecule has 0 spiro atoms. The highest BCUT2D eigenvalue weighted by atomic mass is 35.5. The van der Waals surface area contributed by atoms with E-state index < -0.39 is 0 Å². The van der Waals surface area contributed by atoms with E-state index in [4.69, 9.17) is 11.6 Å². The van der Waals surface area contributed by atoms with Gasteiger partial charge in [-0.05, 0) is 36.8 Å². The van der Waals surface area contributed by atoms with Crippen LogP contribution < -0.4 is 10.6 Å². The zero-order valence-electron chi connectivity index (χ0n) is 13.3. The van der Waals surface area contributed by atoms with Crippen LogP contribution in [0.1, 0.15) is 12.0 Å². The van der Waals surface area contributed by atoms with Crippen LogP contribution in [0.25, 0.3) is 0 Å². The van der Waals surface area contributed by atoms with Crippen LogP contribution >= 0.6 is 23.4 Å². The summed E-state index contributed by atoms with van der Waals surface area (Å²) in [4.78, 5) is 24.8. The number of carbonyl (C=O) groups is 2. The average Bonchev–Trinajstić information content (AvgIpc) is 2.56. The molecule has 0 saturated carbocycles. The monoisotopic (exact) mass is 362 g/mol. The lowest BCUT2D eigenvalue weighted by Crippen LogP contribution is -2.33. The number of benzene rings is 2. The normalized spacial score (nSPS) is 10.2. The number of hydrogen-bond donors (Lipinski definition) is 2. The lowest BCUT2D eigenvalue weighted by atomic mass is 10.2.